The number of hydrogen-bond acceptors (Lipinski definition) is 4. The van der Waals surface area contributed by atoms with E-state index in [1.807, 2.05) is 25.1 Å². The lowest BCUT2D eigenvalue weighted by Crippen LogP contribution is -2.50. The number of ether oxygens (including phenoxy) is 2. The maximum Gasteiger partial charge on any atom is 0.191 e. The third kappa shape index (κ3) is 8.18. The van der Waals surface area contributed by atoms with Gasteiger partial charge in [0.1, 0.15) is 5.75 Å². The normalized spacial score (nSPS) is 18.6. The molecule has 27 heavy (non-hydrogen) atoms. The lowest BCUT2D eigenvalue weighted by atomic mass is 10.2. The van der Waals surface area contributed by atoms with Crippen LogP contribution in [0.1, 0.15) is 33.3 Å². The fourth-order valence-corrected chi connectivity index (χ4v) is 3.21. The van der Waals surface area contributed by atoms with E-state index in [0.29, 0.717) is 19.1 Å². The van der Waals surface area contributed by atoms with Crippen molar-refractivity contribution in [3.05, 3.63) is 29.8 Å². The Morgan fingerprint density at radius 3 is 2.93 bits per heavy atom. The molecule has 1 atom stereocenters. The van der Waals surface area contributed by atoms with E-state index in [9.17, 15) is 0 Å². The minimum absolute atomic E-state index is 0.197. The molecule has 152 valence electrons. The van der Waals surface area contributed by atoms with Gasteiger partial charge in [0.15, 0.2) is 5.96 Å². The first-order chi connectivity index (χ1) is 13.1. The molecule has 6 nitrogen and oxygen atoms in total. The van der Waals surface area contributed by atoms with E-state index in [-0.39, 0.29) is 6.10 Å². The molecular formula is C21H36N4O2. The van der Waals surface area contributed by atoms with Crippen molar-refractivity contribution < 1.29 is 9.47 Å². The van der Waals surface area contributed by atoms with E-state index in [1.54, 1.807) is 0 Å². The molecule has 2 N–H and O–H groups in total. The smallest absolute Gasteiger partial charge is 0.191 e. The van der Waals surface area contributed by atoms with E-state index >= 15 is 0 Å². The van der Waals surface area contributed by atoms with E-state index in [1.165, 1.54) is 0 Å². The van der Waals surface area contributed by atoms with Gasteiger partial charge in [0.25, 0.3) is 0 Å². The summed E-state index contributed by atoms with van der Waals surface area (Å²) in [6, 6.07) is 8.10. The number of benzene rings is 1. The molecule has 6 heteroatoms. The second kappa shape index (κ2) is 11.8. The van der Waals surface area contributed by atoms with Crippen LogP contribution in [0.15, 0.2) is 29.3 Å². The number of hydrogen-bond donors (Lipinski definition) is 2. The molecule has 1 aliphatic rings. The van der Waals surface area contributed by atoms with Gasteiger partial charge in [-0.2, -0.15) is 0 Å². The van der Waals surface area contributed by atoms with E-state index in [2.05, 4.69) is 42.4 Å². The summed E-state index contributed by atoms with van der Waals surface area (Å²) < 4.78 is 11.5. The van der Waals surface area contributed by atoms with Crippen LogP contribution in [0.2, 0.25) is 0 Å². The van der Waals surface area contributed by atoms with Gasteiger partial charge in [-0.05, 0) is 37.5 Å². The number of aliphatic imine (C=N–C) groups is 1. The number of morpholine rings is 1. The Balaban J connectivity index is 1.87. The summed E-state index contributed by atoms with van der Waals surface area (Å²) in [4.78, 5) is 7.20. The van der Waals surface area contributed by atoms with Crippen LogP contribution in [-0.2, 0) is 11.3 Å². The second-order valence-electron chi connectivity index (χ2n) is 7.30. The molecule has 0 radical (unpaired) electrons. The number of nitrogens with one attached hydrogen (secondary N) is 2. The van der Waals surface area contributed by atoms with Crippen molar-refractivity contribution in [2.45, 2.75) is 40.3 Å². The predicted molar refractivity (Wildman–Crippen MR) is 111 cm³/mol. The van der Waals surface area contributed by atoms with Crippen LogP contribution in [0.4, 0.5) is 0 Å². The molecule has 1 unspecified atom stereocenters. The van der Waals surface area contributed by atoms with Crippen LogP contribution in [0, 0.1) is 5.92 Å². The highest BCUT2D eigenvalue weighted by Crippen LogP contribution is 2.14. The van der Waals surface area contributed by atoms with Crippen molar-refractivity contribution >= 4 is 5.96 Å². The number of rotatable bonds is 9. The topological polar surface area (TPSA) is 58.1 Å². The van der Waals surface area contributed by atoms with Crippen molar-refractivity contribution in [1.29, 1.82) is 0 Å². The van der Waals surface area contributed by atoms with Gasteiger partial charge in [0.05, 0.1) is 25.9 Å². The first kappa shape index (κ1) is 21.5. The van der Waals surface area contributed by atoms with Crippen molar-refractivity contribution in [1.82, 2.24) is 15.5 Å². The summed E-state index contributed by atoms with van der Waals surface area (Å²) in [5.41, 5.74) is 1.13. The summed E-state index contributed by atoms with van der Waals surface area (Å²) in [5, 5.41) is 6.74. The minimum Gasteiger partial charge on any atom is -0.494 e. The first-order valence-electron chi connectivity index (χ1n) is 10.2. The molecule has 2 rings (SSSR count). The minimum atomic E-state index is 0.197. The van der Waals surface area contributed by atoms with Gasteiger partial charge in [-0.15, -0.1) is 0 Å². The van der Waals surface area contributed by atoms with Gasteiger partial charge in [-0.1, -0.05) is 26.0 Å². The van der Waals surface area contributed by atoms with Gasteiger partial charge < -0.3 is 20.1 Å². The lowest BCUT2D eigenvalue weighted by molar-refractivity contribution is -0.0284. The summed E-state index contributed by atoms with van der Waals surface area (Å²) in [5.74, 6) is 2.40. The van der Waals surface area contributed by atoms with Crippen LogP contribution in [0.3, 0.4) is 0 Å². The molecule has 1 aromatic carbocycles. The fraction of sp³-hybridized carbons (Fsp3) is 0.667. The summed E-state index contributed by atoms with van der Waals surface area (Å²) in [7, 11) is 0. The molecule has 0 saturated carbocycles. The third-order valence-corrected chi connectivity index (χ3v) is 4.32. The lowest BCUT2D eigenvalue weighted by Gasteiger charge is -2.34. The highest BCUT2D eigenvalue weighted by molar-refractivity contribution is 5.79. The Morgan fingerprint density at radius 1 is 1.33 bits per heavy atom. The van der Waals surface area contributed by atoms with E-state index in [4.69, 9.17) is 14.5 Å². The Bertz CT molecular complexity index is 577. The quantitative estimate of drug-likeness (QED) is 0.512. The Labute approximate surface area is 164 Å². The van der Waals surface area contributed by atoms with Crippen LogP contribution in [-0.4, -0.2) is 62.9 Å². The molecule has 0 amide bonds. The van der Waals surface area contributed by atoms with Gasteiger partial charge in [-0.25, -0.2) is 4.99 Å². The Kier molecular flexibility index (Phi) is 9.42. The highest BCUT2D eigenvalue weighted by atomic mass is 16.5. The fourth-order valence-electron chi connectivity index (χ4n) is 3.21. The highest BCUT2D eigenvalue weighted by Gasteiger charge is 2.21. The molecule has 1 aliphatic heterocycles. The van der Waals surface area contributed by atoms with Crippen LogP contribution < -0.4 is 15.4 Å². The van der Waals surface area contributed by atoms with Gasteiger partial charge in [0.2, 0.25) is 0 Å². The Hall–Kier alpha value is -1.79. The van der Waals surface area contributed by atoms with E-state index < -0.39 is 0 Å². The zero-order valence-electron chi connectivity index (χ0n) is 17.3. The third-order valence-electron chi connectivity index (χ3n) is 4.32. The Morgan fingerprint density at radius 2 is 2.19 bits per heavy atom. The van der Waals surface area contributed by atoms with Gasteiger partial charge in [0, 0.05) is 32.7 Å². The molecule has 1 aromatic rings. The molecule has 0 bridgehead atoms. The maximum absolute atomic E-state index is 5.92. The molecule has 0 aliphatic carbocycles. The molecule has 1 saturated heterocycles. The first-order valence-corrected chi connectivity index (χ1v) is 10.2. The average molecular weight is 377 g/mol. The van der Waals surface area contributed by atoms with Crippen LogP contribution >= 0.6 is 0 Å². The summed E-state index contributed by atoms with van der Waals surface area (Å²) in [6.45, 7) is 15.4. The molecule has 0 aromatic heterocycles. The SMILES string of the molecule is CCNC(=NCc1cccc(OCC)c1)NCC1CN(CC(C)C)CCO1. The largest absolute Gasteiger partial charge is 0.494 e. The zero-order chi connectivity index (χ0) is 19.5. The molecule has 0 spiro atoms. The predicted octanol–water partition coefficient (Wildman–Crippen LogP) is 2.50. The molecule has 1 fully saturated rings. The van der Waals surface area contributed by atoms with Crippen molar-refractivity contribution in [2.75, 3.05) is 45.9 Å². The van der Waals surface area contributed by atoms with Gasteiger partial charge >= 0.3 is 0 Å². The number of nitrogens with zero attached hydrogens (tertiary/aromatic N) is 2. The maximum atomic E-state index is 5.92. The summed E-state index contributed by atoms with van der Waals surface area (Å²) >= 11 is 0. The van der Waals surface area contributed by atoms with Crippen molar-refractivity contribution in [3.8, 4) is 5.75 Å². The second-order valence-corrected chi connectivity index (χ2v) is 7.30. The number of guanidine groups is 1. The van der Waals surface area contributed by atoms with Gasteiger partial charge in [-0.3, -0.25) is 4.90 Å². The summed E-state index contributed by atoms with van der Waals surface area (Å²) in [6.07, 6.45) is 0.197. The average Bonchev–Trinajstić information content (AvgIpc) is 2.64. The van der Waals surface area contributed by atoms with Crippen LogP contribution in [0.5, 0.6) is 5.75 Å². The zero-order valence-corrected chi connectivity index (χ0v) is 17.3. The van der Waals surface area contributed by atoms with Crippen molar-refractivity contribution in [2.24, 2.45) is 10.9 Å². The van der Waals surface area contributed by atoms with Crippen LogP contribution in [0.25, 0.3) is 0 Å². The molecular weight excluding hydrogens is 340 g/mol. The monoisotopic (exact) mass is 376 g/mol. The standard InChI is InChI=1S/C21H36N4O2/c1-5-22-21(23-13-18-8-7-9-19(12-18)26-6-2)24-14-20-16-25(10-11-27-20)15-17(3)4/h7-9,12,17,20H,5-6,10-11,13-16H2,1-4H3,(H2,22,23,24). The van der Waals surface area contributed by atoms with E-state index in [0.717, 1.165) is 56.6 Å². The molecule has 1 heterocycles. The van der Waals surface area contributed by atoms with Crippen molar-refractivity contribution in [3.63, 3.8) is 0 Å².